The van der Waals surface area contributed by atoms with Crippen molar-refractivity contribution in [2.24, 2.45) is 0 Å². The van der Waals surface area contributed by atoms with Gasteiger partial charge < -0.3 is 9.47 Å². The number of carbonyl (C=O) groups is 1. The van der Waals surface area contributed by atoms with Crippen molar-refractivity contribution in [1.82, 2.24) is 0 Å². The molecule has 0 aliphatic heterocycles. The summed E-state index contributed by atoms with van der Waals surface area (Å²) in [5, 5.41) is 0. The van der Waals surface area contributed by atoms with Crippen molar-refractivity contribution in [1.29, 1.82) is 0 Å². The summed E-state index contributed by atoms with van der Waals surface area (Å²) in [7, 11) is 0. The second-order valence-corrected chi connectivity index (χ2v) is 3.80. The lowest BCUT2D eigenvalue weighted by atomic mass is 9.97. The standard InChI is InChI=1S/C14H15O3/c1-2-16-14(15)10-17-13-8-7-11-5-3-4-6-12(11)9-13/h5,7-9H,2,4,6,10H2,1H3. The van der Waals surface area contributed by atoms with Gasteiger partial charge >= 0.3 is 5.97 Å². The zero-order valence-corrected chi connectivity index (χ0v) is 9.86. The highest BCUT2D eigenvalue weighted by Gasteiger charge is 2.07. The SMILES string of the molecule is CCOC(=O)COc1ccc2c(c1)CC[C]=C2. The van der Waals surface area contributed by atoms with Crippen LogP contribution in [0.3, 0.4) is 0 Å². The Morgan fingerprint density at radius 3 is 3.18 bits per heavy atom. The number of hydrogen-bond acceptors (Lipinski definition) is 3. The molecule has 2 rings (SSSR count). The van der Waals surface area contributed by atoms with Crippen molar-refractivity contribution in [3.05, 3.63) is 35.4 Å². The van der Waals surface area contributed by atoms with Gasteiger partial charge in [-0.1, -0.05) is 12.1 Å². The summed E-state index contributed by atoms with van der Waals surface area (Å²) >= 11 is 0. The number of fused-ring (bicyclic) bond motifs is 1. The lowest BCUT2D eigenvalue weighted by Gasteiger charge is -2.12. The number of allylic oxidation sites excluding steroid dienone is 1. The Balaban J connectivity index is 1.98. The summed E-state index contributed by atoms with van der Waals surface area (Å²) in [5.41, 5.74) is 2.42. The third kappa shape index (κ3) is 3.09. The number of hydrogen-bond donors (Lipinski definition) is 0. The number of aryl methyl sites for hydroxylation is 1. The van der Waals surface area contributed by atoms with E-state index in [9.17, 15) is 4.79 Å². The number of rotatable bonds is 4. The second-order valence-electron chi connectivity index (χ2n) is 3.80. The van der Waals surface area contributed by atoms with Crippen LogP contribution in [0.2, 0.25) is 0 Å². The van der Waals surface area contributed by atoms with Crippen LogP contribution in [0.5, 0.6) is 5.75 Å². The van der Waals surface area contributed by atoms with Crippen molar-refractivity contribution in [2.45, 2.75) is 19.8 Å². The Morgan fingerprint density at radius 2 is 2.35 bits per heavy atom. The summed E-state index contributed by atoms with van der Waals surface area (Å²) in [5.74, 6) is 0.380. The van der Waals surface area contributed by atoms with Crippen molar-refractivity contribution < 1.29 is 14.3 Å². The third-order valence-corrected chi connectivity index (χ3v) is 2.57. The molecule has 1 aliphatic rings. The van der Waals surface area contributed by atoms with E-state index in [0.29, 0.717) is 12.4 Å². The molecule has 0 saturated heterocycles. The molecule has 1 aliphatic carbocycles. The Hall–Kier alpha value is -1.77. The number of benzene rings is 1. The largest absolute Gasteiger partial charge is 0.482 e. The molecule has 0 spiro atoms. The van der Waals surface area contributed by atoms with E-state index in [1.807, 2.05) is 24.3 Å². The van der Waals surface area contributed by atoms with Gasteiger partial charge in [0.15, 0.2) is 6.61 Å². The van der Waals surface area contributed by atoms with E-state index in [2.05, 4.69) is 6.08 Å². The zero-order chi connectivity index (χ0) is 12.1. The fourth-order valence-corrected chi connectivity index (χ4v) is 1.76. The first-order chi connectivity index (χ1) is 8.29. The Kier molecular flexibility index (Phi) is 3.81. The van der Waals surface area contributed by atoms with Gasteiger partial charge in [0.25, 0.3) is 0 Å². The van der Waals surface area contributed by atoms with Crippen LogP contribution < -0.4 is 4.74 Å². The summed E-state index contributed by atoms with van der Waals surface area (Å²) in [6, 6.07) is 5.83. The number of esters is 1. The first-order valence-electron chi connectivity index (χ1n) is 5.77. The van der Waals surface area contributed by atoms with Gasteiger partial charge in [-0.3, -0.25) is 0 Å². The molecule has 0 aromatic heterocycles. The van der Waals surface area contributed by atoms with Crippen LogP contribution in [0.4, 0.5) is 0 Å². The van der Waals surface area contributed by atoms with E-state index >= 15 is 0 Å². The maximum atomic E-state index is 11.1. The van der Waals surface area contributed by atoms with Crippen LogP contribution in [-0.2, 0) is 16.0 Å². The molecule has 0 atom stereocenters. The molecule has 3 heteroatoms. The minimum atomic E-state index is -0.335. The van der Waals surface area contributed by atoms with Gasteiger partial charge in [0.05, 0.1) is 6.61 Å². The zero-order valence-electron chi connectivity index (χ0n) is 9.86. The van der Waals surface area contributed by atoms with Crippen molar-refractivity contribution >= 4 is 12.0 Å². The number of carbonyl (C=O) groups excluding carboxylic acids is 1. The smallest absolute Gasteiger partial charge is 0.344 e. The molecular formula is C14H15O3. The van der Waals surface area contributed by atoms with Crippen molar-refractivity contribution in [3.63, 3.8) is 0 Å². The molecule has 0 unspecified atom stereocenters. The number of ether oxygens (including phenoxy) is 2. The maximum Gasteiger partial charge on any atom is 0.344 e. The molecule has 0 amide bonds. The summed E-state index contributed by atoms with van der Waals surface area (Å²) in [4.78, 5) is 11.1. The third-order valence-electron chi connectivity index (χ3n) is 2.57. The topological polar surface area (TPSA) is 35.5 Å². The van der Waals surface area contributed by atoms with E-state index in [1.54, 1.807) is 6.92 Å². The summed E-state index contributed by atoms with van der Waals surface area (Å²) in [6.45, 7) is 2.13. The average Bonchev–Trinajstić information content (AvgIpc) is 2.36. The molecule has 1 aromatic carbocycles. The van der Waals surface area contributed by atoms with Gasteiger partial charge in [-0.15, -0.1) is 0 Å². The van der Waals surface area contributed by atoms with Crippen molar-refractivity contribution in [2.75, 3.05) is 13.2 Å². The molecule has 1 radical (unpaired) electrons. The lowest BCUT2D eigenvalue weighted by Crippen LogP contribution is -2.14. The Labute approximate surface area is 101 Å². The molecule has 1 aromatic rings. The van der Waals surface area contributed by atoms with Crippen LogP contribution in [-0.4, -0.2) is 19.2 Å². The maximum absolute atomic E-state index is 11.1. The van der Waals surface area contributed by atoms with E-state index in [4.69, 9.17) is 9.47 Å². The predicted octanol–water partition coefficient (Wildman–Crippen LogP) is 2.39. The first-order valence-corrected chi connectivity index (χ1v) is 5.77. The average molecular weight is 231 g/mol. The van der Waals surface area contributed by atoms with Crippen LogP contribution in [0.15, 0.2) is 18.2 Å². The summed E-state index contributed by atoms with van der Waals surface area (Å²) < 4.78 is 10.2. The fourth-order valence-electron chi connectivity index (χ4n) is 1.76. The molecular weight excluding hydrogens is 216 g/mol. The van der Waals surface area contributed by atoms with Gasteiger partial charge in [-0.25, -0.2) is 4.79 Å². The van der Waals surface area contributed by atoms with Crippen LogP contribution in [0, 0.1) is 6.08 Å². The van der Waals surface area contributed by atoms with Gasteiger partial charge in [0, 0.05) is 0 Å². The second kappa shape index (κ2) is 5.53. The van der Waals surface area contributed by atoms with E-state index in [0.717, 1.165) is 12.8 Å². The minimum absolute atomic E-state index is 0.0331. The molecule has 0 saturated carbocycles. The van der Waals surface area contributed by atoms with Crippen LogP contribution in [0.25, 0.3) is 6.08 Å². The molecule has 17 heavy (non-hydrogen) atoms. The molecule has 89 valence electrons. The fraction of sp³-hybridized carbons (Fsp3) is 0.357. The highest BCUT2D eigenvalue weighted by atomic mass is 16.6. The normalized spacial score (nSPS) is 13.0. The van der Waals surface area contributed by atoms with Gasteiger partial charge in [-0.05, 0) is 49.1 Å². The van der Waals surface area contributed by atoms with Gasteiger partial charge in [-0.2, -0.15) is 0 Å². The predicted molar refractivity (Wildman–Crippen MR) is 64.6 cm³/mol. The first kappa shape index (κ1) is 11.7. The lowest BCUT2D eigenvalue weighted by molar-refractivity contribution is -0.145. The molecule has 3 nitrogen and oxygen atoms in total. The highest BCUT2D eigenvalue weighted by Crippen LogP contribution is 2.23. The minimum Gasteiger partial charge on any atom is -0.482 e. The van der Waals surface area contributed by atoms with Crippen molar-refractivity contribution in [3.8, 4) is 5.75 Å². The molecule has 0 heterocycles. The van der Waals surface area contributed by atoms with E-state index in [-0.39, 0.29) is 12.6 Å². The summed E-state index contributed by atoms with van der Waals surface area (Å²) in [6.07, 6.45) is 7.09. The van der Waals surface area contributed by atoms with Crippen LogP contribution in [0.1, 0.15) is 24.5 Å². The van der Waals surface area contributed by atoms with E-state index in [1.165, 1.54) is 11.1 Å². The van der Waals surface area contributed by atoms with Gasteiger partial charge in [0.2, 0.25) is 0 Å². The van der Waals surface area contributed by atoms with Crippen LogP contribution >= 0.6 is 0 Å². The Bertz CT molecular complexity index is 435. The van der Waals surface area contributed by atoms with E-state index < -0.39 is 0 Å². The van der Waals surface area contributed by atoms with Gasteiger partial charge in [0.1, 0.15) is 5.75 Å². The monoisotopic (exact) mass is 231 g/mol. The molecule has 0 fully saturated rings. The molecule has 0 N–H and O–H groups in total. The molecule has 0 bridgehead atoms. The highest BCUT2D eigenvalue weighted by molar-refractivity contribution is 5.71. The quantitative estimate of drug-likeness (QED) is 0.746. The Morgan fingerprint density at radius 1 is 1.47 bits per heavy atom.